The number of benzene rings is 2. The van der Waals surface area contributed by atoms with Gasteiger partial charge in [-0.15, -0.1) is 0 Å². The number of hydrogen-bond acceptors (Lipinski definition) is 7. The van der Waals surface area contributed by atoms with Crippen LogP contribution in [0.1, 0.15) is 17.0 Å². The third-order valence-corrected chi connectivity index (χ3v) is 3.67. The van der Waals surface area contributed by atoms with Gasteiger partial charge in [-0.25, -0.2) is 0 Å². The molecule has 26 heavy (non-hydrogen) atoms. The van der Waals surface area contributed by atoms with Crippen LogP contribution < -0.4 is 15.8 Å². The number of para-hydroxylation sites is 1. The van der Waals surface area contributed by atoms with Crippen molar-refractivity contribution in [2.75, 3.05) is 11.1 Å². The van der Waals surface area contributed by atoms with Crippen molar-refractivity contribution < 1.29 is 4.74 Å². The van der Waals surface area contributed by atoms with Crippen LogP contribution in [0.25, 0.3) is 0 Å². The zero-order chi connectivity index (χ0) is 18.4. The second-order valence-corrected chi connectivity index (χ2v) is 5.64. The molecule has 130 valence electrons. The standard InChI is InChI=1S/C19H18N6O/c1-13-4-2-3-5-16(13)22-19-24-17(23-18(21)25-19)12-26-15-8-6-14(7-9-15)10-11-20/h2-9H,10,12H2,1H3,(H3,21,22,23,24,25). The number of aryl methyl sites for hydroxylation is 1. The van der Waals surface area contributed by atoms with E-state index in [1.807, 2.05) is 55.5 Å². The monoisotopic (exact) mass is 346 g/mol. The minimum absolute atomic E-state index is 0.124. The number of anilines is 3. The fraction of sp³-hybridized carbons (Fsp3) is 0.158. The lowest BCUT2D eigenvalue weighted by Crippen LogP contribution is -2.09. The lowest BCUT2D eigenvalue weighted by Gasteiger charge is -2.10. The molecule has 3 rings (SSSR count). The quantitative estimate of drug-likeness (QED) is 0.705. The zero-order valence-corrected chi connectivity index (χ0v) is 14.3. The van der Waals surface area contributed by atoms with Crippen molar-refractivity contribution in [1.29, 1.82) is 5.26 Å². The highest BCUT2D eigenvalue weighted by atomic mass is 16.5. The molecular weight excluding hydrogens is 328 g/mol. The van der Waals surface area contributed by atoms with Gasteiger partial charge in [-0.3, -0.25) is 0 Å². The van der Waals surface area contributed by atoms with Crippen LogP contribution in [-0.2, 0) is 13.0 Å². The van der Waals surface area contributed by atoms with E-state index >= 15 is 0 Å². The molecule has 0 aliphatic carbocycles. The number of nitrogens with two attached hydrogens (primary N) is 1. The van der Waals surface area contributed by atoms with Crippen LogP contribution in [0.5, 0.6) is 5.75 Å². The molecule has 0 amide bonds. The predicted octanol–water partition coefficient (Wildman–Crippen LogP) is 3.15. The molecule has 0 spiro atoms. The first-order valence-electron chi connectivity index (χ1n) is 8.06. The molecule has 1 aromatic heterocycles. The zero-order valence-electron chi connectivity index (χ0n) is 14.3. The summed E-state index contributed by atoms with van der Waals surface area (Å²) in [5.74, 6) is 1.59. The van der Waals surface area contributed by atoms with Crippen molar-refractivity contribution in [3.05, 3.63) is 65.5 Å². The average molecular weight is 346 g/mol. The summed E-state index contributed by atoms with van der Waals surface area (Å²) >= 11 is 0. The van der Waals surface area contributed by atoms with Crippen LogP contribution in [0, 0.1) is 18.3 Å². The first-order valence-corrected chi connectivity index (χ1v) is 8.06. The topological polar surface area (TPSA) is 110 Å². The largest absolute Gasteiger partial charge is 0.486 e. The maximum absolute atomic E-state index is 8.69. The normalized spacial score (nSPS) is 10.2. The molecule has 0 fully saturated rings. The Kier molecular flexibility index (Phi) is 5.25. The average Bonchev–Trinajstić information content (AvgIpc) is 2.63. The summed E-state index contributed by atoms with van der Waals surface area (Å²) in [6.45, 7) is 2.15. The summed E-state index contributed by atoms with van der Waals surface area (Å²) in [6.07, 6.45) is 0.373. The molecule has 1 heterocycles. The van der Waals surface area contributed by atoms with E-state index in [9.17, 15) is 0 Å². The third kappa shape index (κ3) is 4.45. The van der Waals surface area contributed by atoms with E-state index in [1.54, 1.807) is 0 Å². The minimum Gasteiger partial charge on any atom is -0.486 e. The number of nitriles is 1. The van der Waals surface area contributed by atoms with Crippen molar-refractivity contribution in [2.24, 2.45) is 0 Å². The van der Waals surface area contributed by atoms with Crippen LogP contribution in [-0.4, -0.2) is 15.0 Å². The molecule has 0 aliphatic rings. The lowest BCUT2D eigenvalue weighted by atomic mass is 10.2. The molecule has 7 nitrogen and oxygen atoms in total. The number of nitrogens with one attached hydrogen (secondary N) is 1. The van der Waals surface area contributed by atoms with Gasteiger partial charge >= 0.3 is 0 Å². The van der Waals surface area contributed by atoms with Crippen LogP contribution in [0.2, 0.25) is 0 Å². The second-order valence-electron chi connectivity index (χ2n) is 5.64. The molecule has 0 saturated heterocycles. The van der Waals surface area contributed by atoms with Crippen molar-refractivity contribution in [3.8, 4) is 11.8 Å². The molecule has 0 saturated carbocycles. The number of rotatable bonds is 6. The molecule has 7 heteroatoms. The highest BCUT2D eigenvalue weighted by Gasteiger charge is 2.07. The van der Waals surface area contributed by atoms with Gasteiger partial charge < -0.3 is 15.8 Å². The predicted molar refractivity (Wildman–Crippen MR) is 98.8 cm³/mol. The van der Waals surface area contributed by atoms with Crippen molar-refractivity contribution in [3.63, 3.8) is 0 Å². The van der Waals surface area contributed by atoms with Gasteiger partial charge in [0.05, 0.1) is 12.5 Å². The van der Waals surface area contributed by atoms with Crippen molar-refractivity contribution in [2.45, 2.75) is 20.0 Å². The summed E-state index contributed by atoms with van der Waals surface area (Å²) in [4.78, 5) is 12.6. The Morgan fingerprint density at radius 3 is 2.58 bits per heavy atom. The molecule has 3 N–H and O–H groups in total. The van der Waals surface area contributed by atoms with Gasteiger partial charge in [0.2, 0.25) is 11.9 Å². The van der Waals surface area contributed by atoms with E-state index in [-0.39, 0.29) is 12.6 Å². The summed E-state index contributed by atoms with van der Waals surface area (Å²) < 4.78 is 5.69. The molecule has 0 aliphatic heterocycles. The molecule has 0 bridgehead atoms. The van der Waals surface area contributed by atoms with Gasteiger partial charge in [-0.1, -0.05) is 30.3 Å². The smallest absolute Gasteiger partial charge is 0.232 e. The molecule has 0 atom stereocenters. The first kappa shape index (κ1) is 17.2. The fourth-order valence-electron chi connectivity index (χ4n) is 2.33. The number of ether oxygens (including phenoxy) is 1. The number of nitrogen functional groups attached to an aromatic ring is 1. The number of nitrogens with zero attached hydrogens (tertiary/aromatic N) is 4. The van der Waals surface area contributed by atoms with Crippen LogP contribution in [0.4, 0.5) is 17.6 Å². The minimum atomic E-state index is 0.124. The van der Waals surface area contributed by atoms with Crippen LogP contribution in [0.3, 0.4) is 0 Å². The Labute approximate surface area is 151 Å². The van der Waals surface area contributed by atoms with Crippen LogP contribution >= 0.6 is 0 Å². The van der Waals surface area contributed by atoms with Gasteiger partial charge in [-0.05, 0) is 36.2 Å². The van der Waals surface area contributed by atoms with Gasteiger partial charge in [-0.2, -0.15) is 20.2 Å². The first-order chi connectivity index (χ1) is 12.6. The maximum Gasteiger partial charge on any atom is 0.232 e. The van der Waals surface area contributed by atoms with Crippen molar-refractivity contribution in [1.82, 2.24) is 15.0 Å². The number of aromatic nitrogens is 3. The molecule has 2 aromatic carbocycles. The third-order valence-electron chi connectivity index (χ3n) is 3.67. The van der Waals surface area contributed by atoms with Gasteiger partial charge in [0.15, 0.2) is 5.82 Å². The lowest BCUT2D eigenvalue weighted by molar-refractivity contribution is 0.296. The second kappa shape index (κ2) is 7.94. The molecule has 3 aromatic rings. The van der Waals surface area contributed by atoms with Crippen molar-refractivity contribution >= 4 is 17.6 Å². The maximum atomic E-state index is 8.69. The SMILES string of the molecule is Cc1ccccc1Nc1nc(N)nc(COc2ccc(CC#N)cc2)n1. The molecular formula is C19H18N6O. The van der Waals surface area contributed by atoms with Gasteiger partial charge in [0.25, 0.3) is 0 Å². The highest BCUT2D eigenvalue weighted by molar-refractivity contribution is 5.58. The Hall–Kier alpha value is -3.66. The van der Waals surface area contributed by atoms with Gasteiger partial charge in [0.1, 0.15) is 12.4 Å². The fourth-order valence-corrected chi connectivity index (χ4v) is 2.33. The van der Waals surface area contributed by atoms with E-state index in [2.05, 4.69) is 26.3 Å². The van der Waals surface area contributed by atoms with E-state index in [4.69, 9.17) is 15.7 Å². The molecule has 0 unspecified atom stereocenters. The Bertz CT molecular complexity index is 934. The Morgan fingerprint density at radius 1 is 1.08 bits per heavy atom. The van der Waals surface area contributed by atoms with E-state index in [1.165, 1.54) is 0 Å². The Balaban J connectivity index is 1.69. The number of hydrogen-bond donors (Lipinski definition) is 2. The summed E-state index contributed by atoms with van der Waals surface area (Å²) in [5.41, 5.74) is 8.70. The summed E-state index contributed by atoms with van der Waals surface area (Å²) in [6, 6.07) is 17.3. The van der Waals surface area contributed by atoms with Gasteiger partial charge in [0, 0.05) is 5.69 Å². The Morgan fingerprint density at radius 2 is 1.85 bits per heavy atom. The summed E-state index contributed by atoms with van der Waals surface area (Å²) in [5, 5.41) is 11.8. The van der Waals surface area contributed by atoms with E-state index < -0.39 is 0 Å². The molecule has 0 radical (unpaired) electrons. The van der Waals surface area contributed by atoms with E-state index in [0.717, 1.165) is 16.8 Å². The highest BCUT2D eigenvalue weighted by Crippen LogP contribution is 2.18. The summed E-state index contributed by atoms with van der Waals surface area (Å²) in [7, 11) is 0. The van der Waals surface area contributed by atoms with E-state index in [0.29, 0.717) is 23.9 Å². The van der Waals surface area contributed by atoms with Crippen LogP contribution in [0.15, 0.2) is 48.5 Å².